The first kappa shape index (κ1) is 9.75. The van der Waals surface area contributed by atoms with Crippen molar-refractivity contribution in [2.45, 2.75) is 50.4 Å². The second-order valence-corrected chi connectivity index (χ2v) is 5.69. The molecule has 4 heteroatoms. The molecule has 2 bridgehead atoms. The largest absolute Gasteiger partial charge is 0.328 e. The van der Waals surface area contributed by atoms with Crippen LogP contribution in [0.2, 0.25) is 0 Å². The maximum Gasteiger partial charge on any atom is 0.107 e. The van der Waals surface area contributed by atoms with Crippen molar-refractivity contribution in [2.24, 2.45) is 5.73 Å². The monoisotopic (exact) mass is 223 g/mol. The quantitative estimate of drug-likeness (QED) is 0.828. The van der Waals surface area contributed by atoms with Crippen molar-refractivity contribution < 1.29 is 0 Å². The molecule has 0 aromatic carbocycles. The van der Waals surface area contributed by atoms with E-state index in [0.717, 1.165) is 18.6 Å². The van der Waals surface area contributed by atoms with Crippen LogP contribution in [0.5, 0.6) is 0 Å². The Bertz CT molecular complexity index is 311. The summed E-state index contributed by atoms with van der Waals surface area (Å²) in [5.74, 6) is 0. The van der Waals surface area contributed by atoms with Crippen LogP contribution in [0.25, 0.3) is 0 Å². The molecule has 3 rings (SSSR count). The van der Waals surface area contributed by atoms with E-state index in [0.29, 0.717) is 6.04 Å². The lowest BCUT2D eigenvalue weighted by atomic mass is 9.98. The normalized spacial score (nSPS) is 35.9. The average molecular weight is 223 g/mol. The van der Waals surface area contributed by atoms with Crippen LogP contribution < -0.4 is 5.73 Å². The minimum atomic E-state index is 0.440. The fraction of sp³-hybridized carbons (Fsp3) is 0.727. The highest BCUT2D eigenvalue weighted by Crippen LogP contribution is 2.36. The van der Waals surface area contributed by atoms with Crippen molar-refractivity contribution in [3.8, 4) is 0 Å². The van der Waals surface area contributed by atoms with Gasteiger partial charge in [-0.15, -0.1) is 11.3 Å². The van der Waals surface area contributed by atoms with Gasteiger partial charge in [0, 0.05) is 29.7 Å². The molecule has 3 nitrogen and oxygen atoms in total. The van der Waals surface area contributed by atoms with E-state index >= 15 is 0 Å². The summed E-state index contributed by atoms with van der Waals surface area (Å²) in [5.41, 5.74) is 6.05. The summed E-state index contributed by atoms with van der Waals surface area (Å²) < 4.78 is 0. The Morgan fingerprint density at radius 1 is 1.40 bits per heavy atom. The number of hydrogen-bond acceptors (Lipinski definition) is 4. The molecule has 1 aromatic heterocycles. The van der Waals surface area contributed by atoms with Gasteiger partial charge in [-0.2, -0.15) is 0 Å². The smallest absolute Gasteiger partial charge is 0.107 e. The topological polar surface area (TPSA) is 42.1 Å². The third-order valence-corrected chi connectivity index (χ3v) is 4.49. The fourth-order valence-electron chi connectivity index (χ4n) is 3.06. The van der Waals surface area contributed by atoms with E-state index in [-0.39, 0.29) is 0 Å². The zero-order valence-electron chi connectivity index (χ0n) is 8.80. The lowest BCUT2D eigenvalue weighted by molar-refractivity contribution is 0.120. The SMILES string of the molecule is NC1CC2CCC(C1)N2Cc1nccs1. The molecule has 1 aromatic rings. The third kappa shape index (κ3) is 1.82. The van der Waals surface area contributed by atoms with Crippen LogP contribution in [-0.4, -0.2) is 28.0 Å². The molecule has 0 aliphatic carbocycles. The maximum atomic E-state index is 6.05. The Kier molecular flexibility index (Phi) is 2.50. The zero-order chi connectivity index (χ0) is 10.3. The van der Waals surface area contributed by atoms with Crippen molar-refractivity contribution in [3.63, 3.8) is 0 Å². The number of hydrogen-bond donors (Lipinski definition) is 1. The number of nitrogens with two attached hydrogens (primary N) is 1. The van der Waals surface area contributed by atoms with Gasteiger partial charge < -0.3 is 5.73 Å². The molecule has 2 N–H and O–H groups in total. The van der Waals surface area contributed by atoms with E-state index in [1.165, 1.54) is 30.7 Å². The first-order chi connectivity index (χ1) is 7.33. The summed E-state index contributed by atoms with van der Waals surface area (Å²) in [5, 5.41) is 3.31. The molecule has 0 spiro atoms. The van der Waals surface area contributed by atoms with E-state index in [1.54, 1.807) is 11.3 Å². The van der Waals surface area contributed by atoms with Gasteiger partial charge >= 0.3 is 0 Å². The summed E-state index contributed by atoms with van der Waals surface area (Å²) in [6.45, 7) is 1.04. The van der Waals surface area contributed by atoms with Gasteiger partial charge in [-0.3, -0.25) is 4.90 Å². The minimum Gasteiger partial charge on any atom is -0.328 e. The molecule has 3 heterocycles. The molecule has 0 saturated carbocycles. The summed E-state index contributed by atoms with van der Waals surface area (Å²) >= 11 is 1.77. The molecule has 15 heavy (non-hydrogen) atoms. The van der Waals surface area contributed by atoms with Crippen molar-refractivity contribution in [1.29, 1.82) is 0 Å². The summed E-state index contributed by atoms with van der Waals surface area (Å²) in [4.78, 5) is 7.00. The number of piperidine rings is 1. The van der Waals surface area contributed by atoms with Gasteiger partial charge in [-0.25, -0.2) is 4.98 Å². The summed E-state index contributed by atoms with van der Waals surface area (Å²) in [6, 6.07) is 1.89. The Morgan fingerprint density at radius 2 is 2.13 bits per heavy atom. The number of fused-ring (bicyclic) bond motifs is 2. The van der Waals surface area contributed by atoms with Gasteiger partial charge in [-0.1, -0.05) is 0 Å². The minimum absolute atomic E-state index is 0.440. The second kappa shape index (κ2) is 3.85. The van der Waals surface area contributed by atoms with Crippen molar-refractivity contribution in [2.75, 3.05) is 0 Å². The van der Waals surface area contributed by atoms with Crippen LogP contribution in [0.4, 0.5) is 0 Å². The Morgan fingerprint density at radius 3 is 2.73 bits per heavy atom. The molecule has 0 radical (unpaired) electrons. The van der Waals surface area contributed by atoms with Gasteiger partial charge in [-0.05, 0) is 25.7 Å². The molecule has 2 atom stereocenters. The molecule has 2 fully saturated rings. The average Bonchev–Trinajstić information content (AvgIpc) is 2.77. The lowest BCUT2D eigenvalue weighted by Gasteiger charge is -2.37. The maximum absolute atomic E-state index is 6.05. The summed E-state index contributed by atoms with van der Waals surface area (Å²) in [7, 11) is 0. The highest BCUT2D eigenvalue weighted by molar-refractivity contribution is 7.09. The highest BCUT2D eigenvalue weighted by atomic mass is 32.1. The Labute approximate surface area is 94.3 Å². The predicted octanol–water partition coefficient (Wildman–Crippen LogP) is 1.60. The van der Waals surface area contributed by atoms with Gasteiger partial charge in [0.25, 0.3) is 0 Å². The lowest BCUT2D eigenvalue weighted by Crippen LogP contribution is -2.46. The first-order valence-corrected chi connectivity index (χ1v) is 6.60. The van der Waals surface area contributed by atoms with Gasteiger partial charge in [0.15, 0.2) is 0 Å². The molecule has 2 aliphatic heterocycles. The molecule has 2 unspecified atom stereocenters. The van der Waals surface area contributed by atoms with Crippen LogP contribution in [0.1, 0.15) is 30.7 Å². The van der Waals surface area contributed by atoms with Gasteiger partial charge in [0.05, 0.1) is 6.54 Å². The molecular weight excluding hydrogens is 206 g/mol. The van der Waals surface area contributed by atoms with Crippen LogP contribution >= 0.6 is 11.3 Å². The van der Waals surface area contributed by atoms with E-state index < -0.39 is 0 Å². The van der Waals surface area contributed by atoms with Gasteiger partial charge in [0.1, 0.15) is 5.01 Å². The highest BCUT2D eigenvalue weighted by Gasteiger charge is 2.39. The Hall–Kier alpha value is -0.450. The van der Waals surface area contributed by atoms with E-state index in [4.69, 9.17) is 5.73 Å². The molecule has 0 amide bonds. The van der Waals surface area contributed by atoms with Gasteiger partial charge in [0.2, 0.25) is 0 Å². The zero-order valence-corrected chi connectivity index (χ0v) is 9.62. The van der Waals surface area contributed by atoms with Crippen LogP contribution in [0.3, 0.4) is 0 Å². The van der Waals surface area contributed by atoms with Crippen molar-refractivity contribution >= 4 is 11.3 Å². The second-order valence-electron chi connectivity index (χ2n) is 4.71. The van der Waals surface area contributed by atoms with E-state index in [2.05, 4.69) is 15.3 Å². The molecule has 82 valence electrons. The number of aromatic nitrogens is 1. The molecular formula is C11H17N3S. The Balaban J connectivity index is 1.72. The molecule has 2 saturated heterocycles. The van der Waals surface area contributed by atoms with Crippen LogP contribution in [0, 0.1) is 0 Å². The standard InChI is InChI=1S/C11H17N3S/c12-8-5-9-1-2-10(6-8)14(9)7-11-13-3-4-15-11/h3-4,8-10H,1-2,5-7,12H2. The predicted molar refractivity (Wildman–Crippen MR) is 61.7 cm³/mol. The number of rotatable bonds is 2. The van der Waals surface area contributed by atoms with Crippen molar-refractivity contribution in [3.05, 3.63) is 16.6 Å². The molecule has 2 aliphatic rings. The van der Waals surface area contributed by atoms with E-state index in [1.807, 2.05) is 6.20 Å². The van der Waals surface area contributed by atoms with E-state index in [9.17, 15) is 0 Å². The number of thiazole rings is 1. The third-order valence-electron chi connectivity index (χ3n) is 3.72. The summed E-state index contributed by atoms with van der Waals surface area (Å²) in [6.07, 6.45) is 6.94. The van der Waals surface area contributed by atoms with Crippen LogP contribution in [-0.2, 0) is 6.54 Å². The van der Waals surface area contributed by atoms with Crippen molar-refractivity contribution in [1.82, 2.24) is 9.88 Å². The first-order valence-electron chi connectivity index (χ1n) is 5.72. The number of nitrogens with zero attached hydrogens (tertiary/aromatic N) is 2. The van der Waals surface area contributed by atoms with Crippen LogP contribution in [0.15, 0.2) is 11.6 Å². The fourth-order valence-corrected chi connectivity index (χ4v) is 3.69.